The van der Waals surface area contributed by atoms with Crippen LogP contribution in [0.15, 0.2) is 48.5 Å². The fourth-order valence-electron chi connectivity index (χ4n) is 1.86. The highest BCUT2D eigenvalue weighted by Crippen LogP contribution is 2.28. The van der Waals surface area contributed by atoms with Crippen LogP contribution in [0.3, 0.4) is 0 Å². The van der Waals surface area contributed by atoms with Crippen LogP contribution in [0.1, 0.15) is 10.9 Å². The summed E-state index contributed by atoms with van der Waals surface area (Å²) < 4.78 is 10.3. The lowest BCUT2D eigenvalue weighted by atomic mass is 10.1. The van der Waals surface area contributed by atoms with Crippen molar-refractivity contribution in [2.24, 2.45) is 0 Å². The molecule has 0 heterocycles. The molecule has 2 aromatic carbocycles. The summed E-state index contributed by atoms with van der Waals surface area (Å²) in [6.07, 6.45) is 0. The van der Waals surface area contributed by atoms with E-state index < -0.39 is 5.38 Å². The quantitative estimate of drug-likeness (QED) is 0.858. The molecule has 21 heavy (non-hydrogen) atoms. The Morgan fingerprint density at radius 1 is 1.05 bits per heavy atom. The van der Waals surface area contributed by atoms with Crippen LogP contribution < -0.4 is 14.8 Å². The largest absolute Gasteiger partial charge is 0.497 e. The fourth-order valence-corrected chi connectivity index (χ4v) is 2.06. The molecule has 0 saturated heterocycles. The number of benzene rings is 2. The monoisotopic (exact) mass is 305 g/mol. The Morgan fingerprint density at radius 3 is 2.14 bits per heavy atom. The van der Waals surface area contributed by atoms with Gasteiger partial charge >= 0.3 is 0 Å². The molecule has 1 atom stereocenters. The van der Waals surface area contributed by atoms with E-state index in [2.05, 4.69) is 5.32 Å². The highest BCUT2D eigenvalue weighted by atomic mass is 35.5. The second-order valence-corrected chi connectivity index (χ2v) is 4.80. The number of anilines is 1. The van der Waals surface area contributed by atoms with Gasteiger partial charge in [-0.15, -0.1) is 11.6 Å². The van der Waals surface area contributed by atoms with Crippen molar-refractivity contribution in [3.63, 3.8) is 0 Å². The molecular formula is C16H16ClNO3. The average molecular weight is 306 g/mol. The summed E-state index contributed by atoms with van der Waals surface area (Å²) in [5, 5.41) is 2.00. The smallest absolute Gasteiger partial charge is 0.246 e. The lowest BCUT2D eigenvalue weighted by Crippen LogP contribution is -2.17. The minimum atomic E-state index is -0.761. The highest BCUT2D eigenvalue weighted by molar-refractivity contribution is 6.32. The maximum Gasteiger partial charge on any atom is 0.246 e. The fraction of sp³-hybridized carbons (Fsp3) is 0.188. The van der Waals surface area contributed by atoms with Crippen LogP contribution in [0.4, 0.5) is 5.69 Å². The van der Waals surface area contributed by atoms with Crippen LogP contribution in [0.2, 0.25) is 0 Å². The molecule has 1 N–H and O–H groups in total. The van der Waals surface area contributed by atoms with E-state index in [9.17, 15) is 4.79 Å². The van der Waals surface area contributed by atoms with Crippen molar-refractivity contribution >= 4 is 23.2 Å². The van der Waals surface area contributed by atoms with Gasteiger partial charge in [0.2, 0.25) is 5.91 Å². The molecule has 0 spiro atoms. The molecule has 110 valence electrons. The summed E-state index contributed by atoms with van der Waals surface area (Å²) in [5.74, 6) is 0.879. The maximum absolute atomic E-state index is 12.2. The molecular weight excluding hydrogens is 290 g/mol. The van der Waals surface area contributed by atoms with Gasteiger partial charge in [0.05, 0.1) is 14.2 Å². The van der Waals surface area contributed by atoms with Gasteiger partial charge in [-0.05, 0) is 5.56 Å². The van der Waals surface area contributed by atoms with Crippen LogP contribution in [-0.4, -0.2) is 20.1 Å². The first-order valence-corrected chi connectivity index (χ1v) is 6.80. The minimum absolute atomic E-state index is 0.307. The molecule has 0 saturated carbocycles. The average Bonchev–Trinajstić information content (AvgIpc) is 2.54. The van der Waals surface area contributed by atoms with Gasteiger partial charge in [-0.1, -0.05) is 30.3 Å². The summed E-state index contributed by atoms with van der Waals surface area (Å²) in [4.78, 5) is 12.2. The third-order valence-corrected chi connectivity index (χ3v) is 3.39. The van der Waals surface area contributed by atoms with Crippen LogP contribution in [-0.2, 0) is 4.79 Å². The van der Waals surface area contributed by atoms with Crippen molar-refractivity contribution in [1.82, 2.24) is 0 Å². The predicted octanol–water partition coefficient (Wildman–Crippen LogP) is 3.62. The number of carbonyl (C=O) groups is 1. The van der Waals surface area contributed by atoms with E-state index in [-0.39, 0.29) is 5.91 Å². The molecule has 0 bridgehead atoms. The lowest BCUT2D eigenvalue weighted by Gasteiger charge is -2.13. The zero-order valence-electron chi connectivity index (χ0n) is 11.8. The van der Waals surface area contributed by atoms with Gasteiger partial charge in [-0.3, -0.25) is 4.79 Å². The number of halogens is 1. The first-order valence-electron chi connectivity index (χ1n) is 6.37. The van der Waals surface area contributed by atoms with Crippen molar-refractivity contribution in [3.05, 3.63) is 54.1 Å². The molecule has 4 nitrogen and oxygen atoms in total. The minimum Gasteiger partial charge on any atom is -0.497 e. The number of alkyl halides is 1. The van der Waals surface area contributed by atoms with E-state index >= 15 is 0 Å². The van der Waals surface area contributed by atoms with Gasteiger partial charge in [0.15, 0.2) is 0 Å². The number of carbonyl (C=O) groups excluding carboxylic acids is 1. The Kier molecular flexibility index (Phi) is 5.06. The molecule has 0 radical (unpaired) electrons. The summed E-state index contributed by atoms with van der Waals surface area (Å²) in [7, 11) is 3.10. The number of hydrogen-bond donors (Lipinski definition) is 1. The van der Waals surface area contributed by atoms with Gasteiger partial charge in [0, 0.05) is 23.9 Å². The normalized spacial score (nSPS) is 11.6. The topological polar surface area (TPSA) is 47.6 Å². The summed E-state index contributed by atoms with van der Waals surface area (Å²) >= 11 is 6.18. The van der Waals surface area contributed by atoms with Gasteiger partial charge in [0.25, 0.3) is 0 Å². The Balaban J connectivity index is 2.16. The standard InChI is InChI=1S/C16H16ClNO3/c1-20-13-8-12(9-14(10-13)21-2)18-16(19)15(17)11-6-4-3-5-7-11/h3-10,15H,1-2H3,(H,18,19). The summed E-state index contributed by atoms with van der Waals surface area (Å²) in [5.41, 5.74) is 1.31. The maximum atomic E-state index is 12.2. The molecule has 0 aliphatic rings. The first-order chi connectivity index (χ1) is 10.1. The van der Waals surface area contributed by atoms with Crippen molar-refractivity contribution < 1.29 is 14.3 Å². The predicted molar refractivity (Wildman–Crippen MR) is 83.2 cm³/mol. The number of methoxy groups -OCH3 is 2. The van der Waals surface area contributed by atoms with E-state index in [1.54, 1.807) is 32.4 Å². The second kappa shape index (κ2) is 6.99. The van der Waals surface area contributed by atoms with Gasteiger partial charge in [-0.2, -0.15) is 0 Å². The Bertz CT molecular complexity index is 594. The van der Waals surface area contributed by atoms with Crippen LogP contribution in [0.5, 0.6) is 11.5 Å². The Hall–Kier alpha value is -2.20. The zero-order chi connectivity index (χ0) is 15.2. The number of nitrogens with one attached hydrogen (secondary N) is 1. The van der Waals surface area contributed by atoms with Gasteiger partial charge in [0.1, 0.15) is 16.9 Å². The van der Waals surface area contributed by atoms with Gasteiger partial charge in [-0.25, -0.2) is 0 Å². The zero-order valence-corrected chi connectivity index (χ0v) is 12.6. The number of amides is 1. The van der Waals surface area contributed by atoms with Crippen LogP contribution >= 0.6 is 11.6 Å². The molecule has 0 aromatic heterocycles. The molecule has 2 rings (SSSR count). The number of rotatable bonds is 5. The van der Waals surface area contributed by atoms with Crippen LogP contribution in [0.25, 0.3) is 0 Å². The van der Waals surface area contributed by atoms with E-state index in [4.69, 9.17) is 21.1 Å². The van der Waals surface area contributed by atoms with Crippen LogP contribution in [0, 0.1) is 0 Å². The van der Waals surface area contributed by atoms with E-state index in [0.29, 0.717) is 17.2 Å². The number of hydrogen-bond acceptors (Lipinski definition) is 3. The molecule has 1 amide bonds. The SMILES string of the molecule is COc1cc(NC(=O)C(Cl)c2ccccc2)cc(OC)c1. The molecule has 2 aromatic rings. The van der Waals surface area contributed by atoms with E-state index in [1.165, 1.54) is 0 Å². The molecule has 0 fully saturated rings. The van der Waals surface area contributed by atoms with Gasteiger partial charge < -0.3 is 14.8 Å². The van der Waals surface area contributed by atoms with E-state index in [1.807, 2.05) is 30.3 Å². The Labute approximate surface area is 128 Å². The van der Waals surface area contributed by atoms with Crippen molar-refractivity contribution in [1.29, 1.82) is 0 Å². The van der Waals surface area contributed by atoms with Crippen molar-refractivity contribution in [2.45, 2.75) is 5.38 Å². The lowest BCUT2D eigenvalue weighted by molar-refractivity contribution is -0.116. The molecule has 1 unspecified atom stereocenters. The Morgan fingerprint density at radius 2 is 1.62 bits per heavy atom. The second-order valence-electron chi connectivity index (χ2n) is 4.36. The van der Waals surface area contributed by atoms with Crippen molar-refractivity contribution in [2.75, 3.05) is 19.5 Å². The summed E-state index contributed by atoms with van der Waals surface area (Å²) in [6.45, 7) is 0. The third-order valence-electron chi connectivity index (χ3n) is 2.94. The summed E-state index contributed by atoms with van der Waals surface area (Å²) in [6, 6.07) is 14.3. The third kappa shape index (κ3) is 3.89. The molecule has 5 heteroatoms. The number of ether oxygens (including phenoxy) is 2. The van der Waals surface area contributed by atoms with Crippen molar-refractivity contribution in [3.8, 4) is 11.5 Å². The molecule has 0 aliphatic heterocycles. The highest BCUT2D eigenvalue weighted by Gasteiger charge is 2.18. The van der Waals surface area contributed by atoms with E-state index in [0.717, 1.165) is 5.56 Å². The molecule has 0 aliphatic carbocycles. The first kappa shape index (κ1) is 15.2.